The van der Waals surface area contributed by atoms with E-state index >= 15 is 0 Å². The van der Waals surface area contributed by atoms with Crippen LogP contribution in [0.2, 0.25) is 5.02 Å². The van der Waals surface area contributed by atoms with Crippen LogP contribution in [-0.4, -0.2) is 39.0 Å². The second kappa shape index (κ2) is 7.60. The minimum absolute atomic E-state index is 0.00505. The second-order valence-corrected chi connectivity index (χ2v) is 7.09. The van der Waals surface area contributed by atoms with Gasteiger partial charge in [0.05, 0.1) is 30.2 Å². The lowest BCUT2D eigenvalue weighted by molar-refractivity contribution is -0.121. The SMILES string of the molecule is CCC1C(=O)NC2=Nc3ccc(OCCCCn4ccnc4)c(Cl)c3CN21. The van der Waals surface area contributed by atoms with Gasteiger partial charge in [-0.1, -0.05) is 18.5 Å². The van der Waals surface area contributed by atoms with Crippen molar-refractivity contribution in [2.45, 2.75) is 45.3 Å². The first-order valence-corrected chi connectivity index (χ1v) is 9.61. The highest BCUT2D eigenvalue weighted by Gasteiger charge is 2.38. The fourth-order valence-corrected chi connectivity index (χ4v) is 3.75. The van der Waals surface area contributed by atoms with Gasteiger partial charge < -0.3 is 14.2 Å². The average molecular weight is 388 g/mol. The minimum atomic E-state index is -0.194. The largest absolute Gasteiger partial charge is 0.492 e. The van der Waals surface area contributed by atoms with Gasteiger partial charge in [0.15, 0.2) is 0 Å². The molecule has 0 spiro atoms. The maximum atomic E-state index is 12.1. The van der Waals surface area contributed by atoms with Crippen molar-refractivity contribution in [1.29, 1.82) is 0 Å². The van der Waals surface area contributed by atoms with Gasteiger partial charge in [-0.25, -0.2) is 9.98 Å². The molecule has 2 aromatic rings. The summed E-state index contributed by atoms with van der Waals surface area (Å²) >= 11 is 6.60. The maximum absolute atomic E-state index is 12.1. The molecule has 1 amide bonds. The zero-order valence-electron chi connectivity index (χ0n) is 15.2. The molecule has 142 valence electrons. The highest BCUT2D eigenvalue weighted by Crippen LogP contribution is 2.39. The van der Waals surface area contributed by atoms with Crippen molar-refractivity contribution in [3.63, 3.8) is 0 Å². The Labute approximate surface area is 163 Å². The summed E-state index contributed by atoms with van der Waals surface area (Å²) in [6.45, 7) is 4.08. The summed E-state index contributed by atoms with van der Waals surface area (Å²) in [6.07, 6.45) is 8.21. The number of aromatic nitrogens is 2. The fourth-order valence-electron chi connectivity index (χ4n) is 3.48. The Hall–Kier alpha value is -2.54. The molecule has 4 rings (SSSR count). The molecule has 0 bridgehead atoms. The van der Waals surface area contributed by atoms with Crippen LogP contribution in [-0.2, 0) is 17.9 Å². The van der Waals surface area contributed by atoms with E-state index in [2.05, 4.69) is 19.9 Å². The first kappa shape index (κ1) is 17.9. The number of fused-ring (bicyclic) bond motifs is 2. The molecule has 1 aromatic heterocycles. The number of benzene rings is 1. The number of aryl methyl sites for hydroxylation is 1. The summed E-state index contributed by atoms with van der Waals surface area (Å²) in [4.78, 5) is 22.6. The summed E-state index contributed by atoms with van der Waals surface area (Å²) in [6, 6.07) is 3.56. The van der Waals surface area contributed by atoms with Crippen molar-refractivity contribution in [1.82, 2.24) is 19.8 Å². The van der Waals surface area contributed by atoms with Crippen LogP contribution in [0.25, 0.3) is 0 Å². The molecule has 27 heavy (non-hydrogen) atoms. The van der Waals surface area contributed by atoms with Crippen LogP contribution in [0.15, 0.2) is 35.8 Å². The second-order valence-electron chi connectivity index (χ2n) is 6.71. The summed E-state index contributed by atoms with van der Waals surface area (Å²) in [5, 5.41) is 3.43. The van der Waals surface area contributed by atoms with E-state index in [1.807, 2.05) is 36.5 Å². The van der Waals surface area contributed by atoms with E-state index in [9.17, 15) is 4.79 Å². The van der Waals surface area contributed by atoms with Gasteiger partial charge in [-0.3, -0.25) is 10.1 Å². The molecule has 0 saturated carbocycles. The van der Waals surface area contributed by atoms with Crippen LogP contribution in [0.1, 0.15) is 31.7 Å². The molecular weight excluding hydrogens is 366 g/mol. The van der Waals surface area contributed by atoms with E-state index < -0.39 is 0 Å². The van der Waals surface area contributed by atoms with E-state index in [1.165, 1.54) is 0 Å². The molecule has 0 radical (unpaired) electrons. The molecule has 3 heterocycles. The highest BCUT2D eigenvalue weighted by atomic mass is 35.5. The summed E-state index contributed by atoms with van der Waals surface area (Å²) in [5.74, 6) is 1.28. The Bertz CT molecular complexity index is 865. The van der Waals surface area contributed by atoms with Crippen molar-refractivity contribution in [3.8, 4) is 5.75 Å². The summed E-state index contributed by atoms with van der Waals surface area (Å²) < 4.78 is 7.95. The topological polar surface area (TPSA) is 71.7 Å². The average Bonchev–Trinajstić information content (AvgIpc) is 3.28. The molecule has 1 aromatic carbocycles. The van der Waals surface area contributed by atoms with E-state index in [1.54, 1.807) is 6.20 Å². The molecule has 1 saturated heterocycles. The van der Waals surface area contributed by atoms with E-state index in [0.717, 1.165) is 37.1 Å². The van der Waals surface area contributed by atoms with Gasteiger partial charge in [0.2, 0.25) is 11.9 Å². The van der Waals surface area contributed by atoms with Crippen molar-refractivity contribution in [2.24, 2.45) is 4.99 Å². The summed E-state index contributed by atoms with van der Waals surface area (Å²) in [5.41, 5.74) is 1.70. The number of unbranched alkanes of at least 4 members (excludes halogenated alkanes) is 1. The van der Waals surface area contributed by atoms with Crippen molar-refractivity contribution < 1.29 is 9.53 Å². The lowest BCUT2D eigenvalue weighted by atomic mass is 10.1. The molecule has 1 fully saturated rings. The molecule has 1 atom stereocenters. The highest BCUT2D eigenvalue weighted by molar-refractivity contribution is 6.33. The fraction of sp³-hybridized carbons (Fsp3) is 0.421. The number of ether oxygens (including phenoxy) is 1. The van der Waals surface area contributed by atoms with Gasteiger partial charge in [0.25, 0.3) is 0 Å². The van der Waals surface area contributed by atoms with E-state index in [-0.39, 0.29) is 11.9 Å². The monoisotopic (exact) mass is 387 g/mol. The van der Waals surface area contributed by atoms with Crippen LogP contribution in [0.5, 0.6) is 5.75 Å². The van der Waals surface area contributed by atoms with Crippen LogP contribution in [0.4, 0.5) is 5.69 Å². The number of nitrogens with zero attached hydrogens (tertiary/aromatic N) is 4. The Balaban J connectivity index is 1.40. The number of aliphatic imine (C=N–C) groups is 1. The van der Waals surface area contributed by atoms with Crippen LogP contribution < -0.4 is 10.1 Å². The van der Waals surface area contributed by atoms with Crippen LogP contribution in [0, 0.1) is 0 Å². The number of carbonyl (C=O) groups is 1. The van der Waals surface area contributed by atoms with Gasteiger partial charge in [-0.15, -0.1) is 0 Å². The Morgan fingerprint density at radius 1 is 1.37 bits per heavy atom. The third kappa shape index (κ3) is 3.51. The quantitative estimate of drug-likeness (QED) is 0.741. The van der Waals surface area contributed by atoms with Gasteiger partial charge >= 0.3 is 0 Å². The zero-order chi connectivity index (χ0) is 18.8. The maximum Gasteiger partial charge on any atom is 0.249 e. The first-order chi connectivity index (χ1) is 13.2. The lowest BCUT2D eigenvalue weighted by Crippen LogP contribution is -2.36. The van der Waals surface area contributed by atoms with Crippen molar-refractivity contribution in [2.75, 3.05) is 6.61 Å². The van der Waals surface area contributed by atoms with Crippen molar-refractivity contribution in [3.05, 3.63) is 41.4 Å². The standard InChI is InChI=1S/C19H22ClN5O2/c1-2-15-18(26)23-19-22-14-5-6-16(17(20)13(14)11-25(15)19)27-10-4-3-8-24-9-7-21-12-24/h5-7,9,12,15H,2-4,8,10-11H2,1H3,(H,22,23,26). The van der Waals surface area contributed by atoms with Gasteiger partial charge in [-0.05, 0) is 31.4 Å². The first-order valence-electron chi connectivity index (χ1n) is 9.23. The molecule has 1 unspecified atom stereocenters. The number of amides is 1. The molecular formula is C19H22ClN5O2. The Kier molecular flexibility index (Phi) is 5.03. The third-order valence-electron chi connectivity index (χ3n) is 4.94. The Morgan fingerprint density at radius 3 is 3.04 bits per heavy atom. The minimum Gasteiger partial charge on any atom is -0.492 e. The van der Waals surface area contributed by atoms with Crippen molar-refractivity contribution >= 4 is 29.2 Å². The zero-order valence-corrected chi connectivity index (χ0v) is 15.9. The van der Waals surface area contributed by atoms with Crippen LogP contribution >= 0.6 is 11.6 Å². The van der Waals surface area contributed by atoms with Gasteiger partial charge in [-0.2, -0.15) is 0 Å². The number of imidazole rings is 1. The molecule has 2 aliphatic heterocycles. The number of nitrogens with one attached hydrogen (secondary N) is 1. The number of carbonyl (C=O) groups excluding carboxylic acids is 1. The molecule has 0 aliphatic carbocycles. The Morgan fingerprint density at radius 2 is 2.26 bits per heavy atom. The van der Waals surface area contributed by atoms with E-state index in [4.69, 9.17) is 16.3 Å². The molecule has 8 heteroatoms. The number of halogens is 1. The van der Waals surface area contributed by atoms with Gasteiger partial charge in [0.1, 0.15) is 11.8 Å². The normalized spacial score (nSPS) is 18.0. The summed E-state index contributed by atoms with van der Waals surface area (Å²) in [7, 11) is 0. The molecule has 1 N–H and O–H groups in total. The van der Waals surface area contributed by atoms with Gasteiger partial charge in [0, 0.05) is 24.5 Å². The molecule has 2 aliphatic rings. The number of hydrogen-bond donors (Lipinski definition) is 1. The van der Waals surface area contributed by atoms with Crippen LogP contribution in [0.3, 0.4) is 0 Å². The molecule has 7 nitrogen and oxygen atoms in total. The number of rotatable bonds is 7. The smallest absolute Gasteiger partial charge is 0.249 e. The number of guanidine groups is 1. The predicted octanol–water partition coefficient (Wildman–Crippen LogP) is 3.11. The number of hydrogen-bond acceptors (Lipinski definition) is 5. The third-order valence-corrected chi connectivity index (χ3v) is 5.35. The van der Waals surface area contributed by atoms with E-state index in [0.29, 0.717) is 29.9 Å². The lowest BCUT2D eigenvalue weighted by Gasteiger charge is -2.28. The predicted molar refractivity (Wildman–Crippen MR) is 103 cm³/mol.